The molecule has 1 nitrogen and oxygen atoms in total. The van der Waals surface area contributed by atoms with Crippen LogP contribution in [0, 0.1) is 0 Å². The lowest BCUT2D eigenvalue weighted by atomic mass is 10.2. The number of benzene rings is 2. The van der Waals surface area contributed by atoms with Gasteiger partial charge in [0.25, 0.3) is 0 Å². The average Bonchev–Trinajstić information content (AvgIpc) is 2.33. The predicted octanol–water partition coefficient (Wildman–Crippen LogP) is 6.07. The van der Waals surface area contributed by atoms with Gasteiger partial charge in [-0.05, 0) is 56.1 Å². The highest BCUT2D eigenvalue weighted by Crippen LogP contribution is 2.51. The molecule has 86 valence electrons. The van der Waals surface area contributed by atoms with Crippen LogP contribution >= 0.6 is 55.2 Å². The van der Waals surface area contributed by atoms with Crippen LogP contribution in [0.15, 0.2) is 49.1 Å². The van der Waals surface area contributed by atoms with Gasteiger partial charge in [0.2, 0.25) is 0 Å². The van der Waals surface area contributed by atoms with E-state index in [9.17, 15) is 0 Å². The first kappa shape index (κ1) is 11.9. The number of rotatable bonds is 0. The average molecular weight is 392 g/mol. The number of fused-ring (bicyclic) bond motifs is 2. The third-order valence-electron chi connectivity index (χ3n) is 2.50. The minimum Gasteiger partial charge on any atom is -0.351 e. The Morgan fingerprint density at radius 3 is 2.59 bits per heavy atom. The van der Waals surface area contributed by atoms with Crippen molar-refractivity contribution < 1.29 is 0 Å². The predicted molar refractivity (Wildman–Crippen MR) is 80.7 cm³/mol. The van der Waals surface area contributed by atoms with Gasteiger partial charge in [-0.2, -0.15) is 0 Å². The zero-order valence-electron chi connectivity index (χ0n) is 8.43. The van der Waals surface area contributed by atoms with E-state index in [1.807, 2.05) is 24.3 Å². The Bertz CT molecular complexity index is 616. The molecule has 0 bridgehead atoms. The van der Waals surface area contributed by atoms with Gasteiger partial charge in [0, 0.05) is 13.8 Å². The number of nitrogens with one attached hydrogen (secondary N) is 1. The Morgan fingerprint density at radius 1 is 1.00 bits per heavy atom. The number of halogens is 3. The van der Waals surface area contributed by atoms with Crippen LogP contribution in [-0.2, 0) is 0 Å². The largest absolute Gasteiger partial charge is 0.351 e. The third kappa shape index (κ3) is 2.01. The topological polar surface area (TPSA) is 12.0 Å². The van der Waals surface area contributed by atoms with Crippen molar-refractivity contribution in [2.75, 3.05) is 5.32 Å². The number of hydrogen-bond donors (Lipinski definition) is 1. The molecule has 0 radical (unpaired) electrons. The Labute approximate surface area is 125 Å². The number of anilines is 2. The van der Waals surface area contributed by atoms with E-state index in [4.69, 9.17) is 11.6 Å². The van der Waals surface area contributed by atoms with Crippen LogP contribution in [0.5, 0.6) is 0 Å². The van der Waals surface area contributed by atoms with E-state index in [2.05, 4.69) is 43.2 Å². The van der Waals surface area contributed by atoms with E-state index in [0.29, 0.717) is 0 Å². The van der Waals surface area contributed by atoms with Gasteiger partial charge in [0.05, 0.1) is 21.3 Å². The van der Waals surface area contributed by atoms with Gasteiger partial charge in [-0.3, -0.25) is 0 Å². The molecule has 5 heteroatoms. The maximum atomic E-state index is 6.20. The highest BCUT2D eigenvalue weighted by atomic mass is 79.9. The smallest absolute Gasteiger partial charge is 0.0715 e. The molecular weight excluding hydrogens is 385 g/mol. The van der Waals surface area contributed by atoms with Gasteiger partial charge in [0.1, 0.15) is 0 Å². The zero-order chi connectivity index (χ0) is 12.0. The molecule has 0 aromatic heterocycles. The van der Waals surface area contributed by atoms with Crippen molar-refractivity contribution >= 4 is 66.6 Å². The summed E-state index contributed by atoms with van der Waals surface area (Å²) in [6, 6.07) is 9.97. The van der Waals surface area contributed by atoms with Crippen LogP contribution in [0.3, 0.4) is 0 Å². The minimum absolute atomic E-state index is 0.743. The molecule has 1 heterocycles. The fourth-order valence-electron chi connectivity index (χ4n) is 1.70. The molecule has 1 aliphatic heterocycles. The Balaban J connectivity index is 2.21. The molecule has 0 fully saturated rings. The van der Waals surface area contributed by atoms with Gasteiger partial charge in [0.15, 0.2) is 0 Å². The van der Waals surface area contributed by atoms with E-state index in [1.54, 1.807) is 11.8 Å². The van der Waals surface area contributed by atoms with Crippen LogP contribution in [0.2, 0.25) is 5.02 Å². The summed E-state index contributed by atoms with van der Waals surface area (Å²) in [5.74, 6) is 0. The van der Waals surface area contributed by atoms with Crippen LogP contribution < -0.4 is 5.32 Å². The molecule has 0 spiro atoms. The highest BCUT2D eigenvalue weighted by molar-refractivity contribution is 9.11. The molecule has 0 amide bonds. The molecule has 3 rings (SSSR count). The fourth-order valence-corrected chi connectivity index (χ4v) is 4.17. The molecule has 0 aliphatic carbocycles. The van der Waals surface area contributed by atoms with Gasteiger partial charge < -0.3 is 5.32 Å². The molecular formula is C12H6Br2ClNS. The highest BCUT2D eigenvalue weighted by Gasteiger charge is 2.21. The minimum atomic E-state index is 0.743. The first-order valence-electron chi connectivity index (χ1n) is 4.88. The van der Waals surface area contributed by atoms with E-state index >= 15 is 0 Å². The van der Waals surface area contributed by atoms with Crippen LogP contribution in [0.1, 0.15) is 0 Å². The first-order chi connectivity index (χ1) is 8.16. The summed E-state index contributed by atoms with van der Waals surface area (Å²) in [5.41, 5.74) is 2.04. The van der Waals surface area contributed by atoms with Crippen molar-refractivity contribution in [3.05, 3.63) is 44.3 Å². The first-order valence-corrected chi connectivity index (χ1v) is 7.66. The fraction of sp³-hybridized carbons (Fsp3) is 0. The van der Waals surface area contributed by atoms with Crippen molar-refractivity contribution in [2.24, 2.45) is 0 Å². The van der Waals surface area contributed by atoms with Crippen LogP contribution in [0.4, 0.5) is 11.4 Å². The lowest BCUT2D eigenvalue weighted by molar-refractivity contribution is 1.28. The maximum absolute atomic E-state index is 6.20. The lowest BCUT2D eigenvalue weighted by Gasteiger charge is -2.23. The van der Waals surface area contributed by atoms with E-state index in [0.717, 1.165) is 30.2 Å². The standard InChI is InChI=1S/C12H6Br2ClNS/c13-6-4-5-7(14)12-10(6)16-11-8(15)2-1-3-9(11)17-12/h1-5,16H. The SMILES string of the molecule is Clc1cccc2c1Nc1c(Br)ccc(Br)c1S2. The monoisotopic (exact) mass is 389 g/mol. The second-order valence-corrected chi connectivity index (χ2v) is 6.74. The summed E-state index contributed by atoms with van der Waals surface area (Å²) < 4.78 is 2.12. The normalized spacial score (nSPS) is 12.6. The van der Waals surface area contributed by atoms with Crippen molar-refractivity contribution in [3.63, 3.8) is 0 Å². The van der Waals surface area contributed by atoms with Crippen molar-refractivity contribution in [3.8, 4) is 0 Å². The molecule has 0 unspecified atom stereocenters. The van der Waals surface area contributed by atoms with E-state index < -0.39 is 0 Å². The molecule has 2 aromatic carbocycles. The summed E-state index contributed by atoms with van der Waals surface area (Å²) in [6.07, 6.45) is 0. The van der Waals surface area contributed by atoms with Crippen molar-refractivity contribution in [2.45, 2.75) is 9.79 Å². The Morgan fingerprint density at radius 2 is 1.76 bits per heavy atom. The van der Waals surface area contributed by atoms with Crippen molar-refractivity contribution in [1.82, 2.24) is 0 Å². The number of para-hydroxylation sites is 1. The molecule has 17 heavy (non-hydrogen) atoms. The second-order valence-electron chi connectivity index (χ2n) is 3.57. The van der Waals surface area contributed by atoms with Gasteiger partial charge >= 0.3 is 0 Å². The Kier molecular flexibility index (Phi) is 3.15. The Hall–Kier alpha value is -0.160. The quantitative estimate of drug-likeness (QED) is 0.499. The molecule has 1 N–H and O–H groups in total. The number of hydrogen-bond acceptors (Lipinski definition) is 2. The summed E-state index contributed by atoms with van der Waals surface area (Å²) in [4.78, 5) is 2.32. The van der Waals surface area contributed by atoms with Gasteiger partial charge in [-0.25, -0.2) is 0 Å². The zero-order valence-corrected chi connectivity index (χ0v) is 13.2. The summed E-state index contributed by atoms with van der Waals surface area (Å²) in [6.45, 7) is 0. The van der Waals surface area contributed by atoms with Gasteiger partial charge in [-0.15, -0.1) is 0 Å². The summed E-state index contributed by atoms with van der Waals surface area (Å²) in [7, 11) is 0. The van der Waals surface area contributed by atoms with Gasteiger partial charge in [-0.1, -0.05) is 29.4 Å². The second kappa shape index (κ2) is 4.50. The lowest BCUT2D eigenvalue weighted by Crippen LogP contribution is -2.01. The summed E-state index contributed by atoms with van der Waals surface area (Å²) in [5, 5.41) is 4.13. The molecule has 2 aromatic rings. The van der Waals surface area contributed by atoms with E-state index in [1.165, 1.54) is 4.90 Å². The van der Waals surface area contributed by atoms with Crippen LogP contribution in [-0.4, -0.2) is 0 Å². The van der Waals surface area contributed by atoms with E-state index in [-0.39, 0.29) is 0 Å². The molecule has 0 saturated heterocycles. The van der Waals surface area contributed by atoms with Crippen LogP contribution in [0.25, 0.3) is 0 Å². The molecule has 0 atom stereocenters. The maximum Gasteiger partial charge on any atom is 0.0715 e. The summed E-state index contributed by atoms with van der Waals surface area (Å²) >= 11 is 15.0. The molecule has 1 aliphatic rings. The van der Waals surface area contributed by atoms with Crippen molar-refractivity contribution in [1.29, 1.82) is 0 Å². The molecule has 0 saturated carbocycles. The third-order valence-corrected chi connectivity index (χ3v) is 5.58.